The third-order valence-electron chi connectivity index (χ3n) is 6.57. The maximum absolute atomic E-state index is 13.1. The second kappa shape index (κ2) is 12.4. The summed E-state index contributed by atoms with van der Waals surface area (Å²) in [5.74, 6) is 0.162. The van der Waals surface area contributed by atoms with Crippen molar-refractivity contribution >= 4 is 28.8 Å². The lowest BCUT2D eigenvalue weighted by atomic mass is 10.1. The fourth-order valence-electron chi connectivity index (χ4n) is 4.67. The molecule has 2 aliphatic heterocycles. The van der Waals surface area contributed by atoms with Crippen LogP contribution in [0.25, 0.3) is 0 Å². The summed E-state index contributed by atoms with van der Waals surface area (Å²) in [4.78, 5) is 33.2. The molecule has 2 saturated heterocycles. The first-order valence-electron chi connectivity index (χ1n) is 12.3. The number of ether oxygens (including phenoxy) is 1. The Morgan fingerprint density at radius 1 is 1.15 bits per heavy atom. The van der Waals surface area contributed by atoms with Crippen LogP contribution in [-0.4, -0.2) is 85.0 Å². The molecule has 1 atom stereocenters. The van der Waals surface area contributed by atoms with Gasteiger partial charge in [-0.05, 0) is 42.3 Å². The smallest absolute Gasteiger partial charge is 0.238 e. The van der Waals surface area contributed by atoms with Crippen molar-refractivity contribution in [2.75, 3.05) is 57.7 Å². The molecule has 4 rings (SSSR count). The lowest BCUT2D eigenvalue weighted by molar-refractivity contribution is -0.134. The van der Waals surface area contributed by atoms with Crippen molar-refractivity contribution in [3.63, 3.8) is 0 Å². The predicted molar refractivity (Wildman–Crippen MR) is 136 cm³/mol. The molecule has 7 nitrogen and oxygen atoms in total. The molecule has 0 saturated carbocycles. The molecular weight excluding hydrogens is 448 g/mol. The maximum Gasteiger partial charge on any atom is 0.238 e. The zero-order chi connectivity index (χ0) is 23.8. The second-order valence-electron chi connectivity index (χ2n) is 9.10. The van der Waals surface area contributed by atoms with Gasteiger partial charge in [-0.15, -0.1) is 11.3 Å². The van der Waals surface area contributed by atoms with Crippen LogP contribution in [0.5, 0.6) is 0 Å². The van der Waals surface area contributed by atoms with E-state index in [1.54, 1.807) is 11.3 Å². The summed E-state index contributed by atoms with van der Waals surface area (Å²) in [5, 5.41) is 5.13. The van der Waals surface area contributed by atoms with E-state index >= 15 is 0 Å². The molecule has 8 heteroatoms. The number of carbonyl (C=O) groups excluding carboxylic acids is 2. The number of nitrogens with zero attached hydrogens (tertiary/aromatic N) is 3. The summed E-state index contributed by atoms with van der Waals surface area (Å²) in [6.45, 7) is 7.99. The lowest BCUT2D eigenvalue weighted by Gasteiger charge is -2.35. The lowest BCUT2D eigenvalue weighted by Crippen LogP contribution is -2.52. The summed E-state index contributed by atoms with van der Waals surface area (Å²) in [6.07, 6.45) is 3.28. The average molecular weight is 485 g/mol. The van der Waals surface area contributed by atoms with Gasteiger partial charge in [0.05, 0.1) is 19.2 Å². The monoisotopic (exact) mass is 484 g/mol. The first kappa shape index (κ1) is 24.9. The molecule has 0 bridgehead atoms. The number of hydrogen-bond donors (Lipinski definition) is 1. The van der Waals surface area contributed by atoms with E-state index in [2.05, 4.69) is 39.6 Å². The Kier molecular flexibility index (Phi) is 9.10. The Labute approximate surface area is 206 Å². The molecule has 0 spiro atoms. The number of para-hydroxylation sites is 1. The van der Waals surface area contributed by atoms with Gasteiger partial charge in [0.15, 0.2) is 0 Å². The Hall–Kier alpha value is -2.26. The van der Waals surface area contributed by atoms with E-state index in [1.807, 2.05) is 29.2 Å². The zero-order valence-electron chi connectivity index (χ0n) is 20.1. The molecule has 1 unspecified atom stereocenters. The van der Waals surface area contributed by atoms with E-state index in [4.69, 9.17) is 4.74 Å². The van der Waals surface area contributed by atoms with Gasteiger partial charge in [-0.3, -0.25) is 19.4 Å². The minimum absolute atomic E-state index is 0.000590. The largest absolute Gasteiger partial charge is 0.377 e. The van der Waals surface area contributed by atoms with Crippen LogP contribution in [0.3, 0.4) is 0 Å². The van der Waals surface area contributed by atoms with Crippen LogP contribution in [-0.2, 0) is 27.3 Å². The Morgan fingerprint density at radius 3 is 2.68 bits per heavy atom. The van der Waals surface area contributed by atoms with Crippen molar-refractivity contribution in [2.45, 2.75) is 38.8 Å². The van der Waals surface area contributed by atoms with E-state index in [0.717, 1.165) is 50.2 Å². The van der Waals surface area contributed by atoms with E-state index in [9.17, 15) is 9.59 Å². The van der Waals surface area contributed by atoms with Gasteiger partial charge >= 0.3 is 0 Å². The fourth-order valence-corrected chi connectivity index (χ4v) is 5.42. The molecule has 1 aromatic heterocycles. The Morgan fingerprint density at radius 2 is 1.97 bits per heavy atom. The maximum atomic E-state index is 13.1. The molecule has 3 heterocycles. The number of rotatable bonds is 10. The molecule has 184 valence electrons. The van der Waals surface area contributed by atoms with Gasteiger partial charge in [0.1, 0.15) is 0 Å². The van der Waals surface area contributed by atoms with Crippen molar-refractivity contribution in [2.24, 2.45) is 0 Å². The summed E-state index contributed by atoms with van der Waals surface area (Å²) in [6, 6.07) is 12.1. The third kappa shape index (κ3) is 7.12. The van der Waals surface area contributed by atoms with Crippen LogP contribution in [0.2, 0.25) is 0 Å². The zero-order valence-corrected chi connectivity index (χ0v) is 20.9. The molecule has 2 fully saturated rings. The van der Waals surface area contributed by atoms with Crippen molar-refractivity contribution < 1.29 is 14.3 Å². The summed E-state index contributed by atoms with van der Waals surface area (Å²) >= 11 is 1.73. The molecule has 2 aliphatic rings. The first-order valence-corrected chi connectivity index (χ1v) is 13.2. The molecule has 34 heavy (non-hydrogen) atoms. The number of amides is 2. The number of aryl methyl sites for hydroxylation is 1. The number of benzene rings is 1. The molecule has 2 amide bonds. The van der Waals surface area contributed by atoms with Crippen LogP contribution in [0.4, 0.5) is 5.69 Å². The number of anilines is 1. The minimum atomic E-state index is -0.000590. The molecule has 1 aromatic carbocycles. The number of nitrogens with one attached hydrogen (secondary N) is 1. The normalized spacial score (nSPS) is 19.0. The second-order valence-corrected chi connectivity index (χ2v) is 10.1. The quantitative estimate of drug-likeness (QED) is 0.562. The topological polar surface area (TPSA) is 65.1 Å². The van der Waals surface area contributed by atoms with Crippen LogP contribution in [0.15, 0.2) is 41.8 Å². The van der Waals surface area contributed by atoms with E-state index in [1.165, 1.54) is 4.88 Å². The molecular formula is C26H36N4O3S. The van der Waals surface area contributed by atoms with Crippen LogP contribution >= 0.6 is 11.3 Å². The highest BCUT2D eigenvalue weighted by atomic mass is 32.1. The SMILES string of the molecule is CCc1ccccc1NC(=O)CN1CCN(C(=O)CN(Cc2cccs2)CC2CCCO2)CC1. The van der Waals surface area contributed by atoms with Crippen LogP contribution < -0.4 is 5.32 Å². The number of hydrogen-bond acceptors (Lipinski definition) is 6. The summed E-state index contributed by atoms with van der Waals surface area (Å²) < 4.78 is 5.83. The van der Waals surface area contributed by atoms with E-state index < -0.39 is 0 Å². The summed E-state index contributed by atoms with van der Waals surface area (Å²) in [5.41, 5.74) is 2.03. The van der Waals surface area contributed by atoms with Crippen molar-refractivity contribution in [1.29, 1.82) is 0 Å². The number of piperazine rings is 1. The molecule has 0 aliphatic carbocycles. The van der Waals surface area contributed by atoms with Gasteiger partial charge in [-0.2, -0.15) is 0 Å². The molecule has 0 radical (unpaired) electrons. The van der Waals surface area contributed by atoms with Gasteiger partial charge in [-0.1, -0.05) is 31.2 Å². The minimum Gasteiger partial charge on any atom is -0.377 e. The predicted octanol–water partition coefficient (Wildman–Crippen LogP) is 3.07. The highest BCUT2D eigenvalue weighted by Gasteiger charge is 2.26. The number of carbonyl (C=O) groups is 2. The van der Waals surface area contributed by atoms with Crippen molar-refractivity contribution in [3.05, 3.63) is 52.2 Å². The van der Waals surface area contributed by atoms with Gasteiger partial charge in [-0.25, -0.2) is 0 Å². The first-order chi connectivity index (χ1) is 16.6. The van der Waals surface area contributed by atoms with Gasteiger partial charge in [0.2, 0.25) is 11.8 Å². The molecule has 1 N–H and O–H groups in total. The van der Waals surface area contributed by atoms with Crippen LogP contribution in [0, 0.1) is 0 Å². The average Bonchev–Trinajstić information content (AvgIpc) is 3.54. The highest BCUT2D eigenvalue weighted by Crippen LogP contribution is 2.18. The Bertz CT molecular complexity index is 922. The Balaban J connectivity index is 1.24. The fraction of sp³-hybridized carbons (Fsp3) is 0.538. The van der Waals surface area contributed by atoms with Crippen LogP contribution in [0.1, 0.15) is 30.2 Å². The number of thiophene rings is 1. The van der Waals surface area contributed by atoms with Gasteiger partial charge in [0.25, 0.3) is 0 Å². The highest BCUT2D eigenvalue weighted by molar-refractivity contribution is 7.09. The van der Waals surface area contributed by atoms with Crippen molar-refractivity contribution in [1.82, 2.24) is 14.7 Å². The molecule has 2 aromatic rings. The van der Waals surface area contributed by atoms with Crippen molar-refractivity contribution in [3.8, 4) is 0 Å². The van der Waals surface area contributed by atoms with E-state index in [0.29, 0.717) is 39.3 Å². The summed E-state index contributed by atoms with van der Waals surface area (Å²) in [7, 11) is 0. The third-order valence-corrected chi connectivity index (χ3v) is 7.43. The van der Waals surface area contributed by atoms with Gasteiger partial charge in [0, 0.05) is 56.4 Å². The van der Waals surface area contributed by atoms with E-state index in [-0.39, 0.29) is 17.9 Å². The standard InChI is InChI=1S/C26H36N4O3S/c1-2-21-7-3-4-10-24(21)27-25(31)19-28-11-13-30(14-12-28)26(32)20-29(17-22-8-5-15-33-22)18-23-9-6-16-34-23/h3-4,6-7,9-10,16,22H,2,5,8,11-15,17-20H2,1H3,(H,27,31). The van der Waals surface area contributed by atoms with Gasteiger partial charge < -0.3 is 15.0 Å².